The molecule has 3 amide bonds. The lowest BCUT2D eigenvalue weighted by Crippen LogP contribution is -2.58. The molecule has 56 heavy (non-hydrogen) atoms. The number of likely N-dealkylation sites (tertiary alicyclic amines) is 1. The van der Waals surface area contributed by atoms with Gasteiger partial charge in [0.15, 0.2) is 0 Å². The summed E-state index contributed by atoms with van der Waals surface area (Å²) in [6.07, 6.45) is 3.59. The zero-order chi connectivity index (χ0) is 40.0. The number of fused-ring (bicyclic) bond motifs is 2. The second kappa shape index (κ2) is 18.1. The SMILES string of the molecule is CC(C)OC(=O)OCOP(=O)(Cc1ccc2sc(C(=O)NC3CCC[C@H]4CC[C@@H](C(=O)N5CC(c6cccnc6)C5)N4C3=O)cc2c1)OCOC(=O)OC(C)C. The van der Waals surface area contributed by atoms with Crippen LogP contribution in [0.1, 0.15) is 86.5 Å². The lowest BCUT2D eigenvalue weighted by atomic mass is 9.92. The van der Waals surface area contributed by atoms with Gasteiger partial charge in [0.1, 0.15) is 12.1 Å². The van der Waals surface area contributed by atoms with Crippen LogP contribution >= 0.6 is 18.9 Å². The van der Waals surface area contributed by atoms with E-state index in [1.165, 1.54) is 11.3 Å². The van der Waals surface area contributed by atoms with E-state index in [4.69, 9.17) is 28.0 Å². The van der Waals surface area contributed by atoms with Gasteiger partial charge in [-0.25, -0.2) is 9.59 Å². The number of benzene rings is 1. The fourth-order valence-electron chi connectivity index (χ4n) is 7.08. The van der Waals surface area contributed by atoms with Crippen molar-refractivity contribution in [1.82, 2.24) is 20.1 Å². The molecule has 2 aromatic heterocycles. The Morgan fingerprint density at radius 1 is 0.929 bits per heavy atom. The zero-order valence-electron chi connectivity index (χ0n) is 31.8. The average molecular weight is 815 g/mol. The summed E-state index contributed by atoms with van der Waals surface area (Å²) in [4.78, 5) is 73.1. The molecule has 5 heterocycles. The third kappa shape index (κ3) is 10.2. The Hall–Kier alpha value is -4.57. The fraction of sp³-hybridized carbons (Fsp3) is 0.526. The Morgan fingerprint density at radius 2 is 1.62 bits per heavy atom. The highest BCUT2D eigenvalue weighted by Gasteiger charge is 2.47. The largest absolute Gasteiger partial charge is 0.510 e. The average Bonchev–Trinajstić information content (AvgIpc) is 3.71. The predicted octanol–water partition coefficient (Wildman–Crippen LogP) is 6.33. The summed E-state index contributed by atoms with van der Waals surface area (Å²) >= 11 is 1.23. The summed E-state index contributed by atoms with van der Waals surface area (Å²) in [6.45, 7) is 6.18. The Kier molecular flexibility index (Phi) is 13.3. The monoisotopic (exact) mass is 814 g/mol. The first-order valence-electron chi connectivity index (χ1n) is 18.7. The van der Waals surface area contributed by atoms with Gasteiger partial charge in [0.2, 0.25) is 25.4 Å². The number of carbonyl (C=O) groups excluding carboxylic acids is 5. The van der Waals surface area contributed by atoms with Gasteiger partial charge in [-0.1, -0.05) is 12.1 Å². The molecule has 1 N–H and O–H groups in total. The van der Waals surface area contributed by atoms with Crippen LogP contribution in [0.5, 0.6) is 0 Å². The van der Waals surface area contributed by atoms with Crippen molar-refractivity contribution in [2.24, 2.45) is 0 Å². The van der Waals surface area contributed by atoms with Crippen LogP contribution in [0.25, 0.3) is 10.1 Å². The number of nitrogens with one attached hydrogen (secondary N) is 1. The van der Waals surface area contributed by atoms with E-state index in [-0.39, 0.29) is 29.9 Å². The van der Waals surface area contributed by atoms with Crippen LogP contribution in [0.15, 0.2) is 48.8 Å². The van der Waals surface area contributed by atoms with Crippen molar-refractivity contribution in [1.29, 1.82) is 0 Å². The van der Waals surface area contributed by atoms with Gasteiger partial charge in [0.25, 0.3) is 5.91 Å². The maximum atomic E-state index is 14.0. The molecule has 0 saturated carbocycles. The van der Waals surface area contributed by atoms with Crippen LogP contribution in [-0.2, 0) is 48.3 Å². The van der Waals surface area contributed by atoms with Crippen LogP contribution in [-0.4, -0.2) is 102 Å². The zero-order valence-corrected chi connectivity index (χ0v) is 33.5. The number of ether oxygens (including phenoxy) is 4. The number of hydrogen-bond donors (Lipinski definition) is 1. The molecule has 302 valence electrons. The standard InChI is InChI=1S/C38H47N4O12PS/c1-23(2)53-37(46)49-21-51-55(48,52-22-50-38(47)54-24(3)4)20-25-10-13-32-27(15-25)16-33(56-32)34(43)40-30-9-5-8-29-11-12-31(42(29)35(30)44)36(45)41-18-28(19-41)26-7-6-14-39-17-26/h6-7,10,13-17,23-24,28-31H,5,8-9,11-12,18-22H2,1-4H3,(H,40,43)/t29-,30?,31-/m0/s1. The van der Waals surface area contributed by atoms with Gasteiger partial charge in [-0.15, -0.1) is 11.3 Å². The number of amides is 3. The van der Waals surface area contributed by atoms with Crippen molar-refractivity contribution < 1.29 is 56.5 Å². The van der Waals surface area contributed by atoms with Gasteiger partial charge >= 0.3 is 19.9 Å². The van der Waals surface area contributed by atoms with E-state index >= 15 is 0 Å². The molecular weight excluding hydrogens is 767 g/mol. The quantitative estimate of drug-likeness (QED) is 0.108. The van der Waals surface area contributed by atoms with Gasteiger partial charge in [0, 0.05) is 42.1 Å². The van der Waals surface area contributed by atoms with Crippen molar-refractivity contribution in [3.8, 4) is 0 Å². The molecule has 0 radical (unpaired) electrons. The molecule has 3 aliphatic heterocycles. The van der Waals surface area contributed by atoms with Crippen molar-refractivity contribution in [2.75, 3.05) is 26.7 Å². The molecule has 6 rings (SSSR count). The molecule has 0 aliphatic carbocycles. The minimum atomic E-state index is -4.10. The van der Waals surface area contributed by atoms with E-state index < -0.39 is 63.7 Å². The summed E-state index contributed by atoms with van der Waals surface area (Å²) < 4.78 is 44.8. The molecule has 0 spiro atoms. The van der Waals surface area contributed by atoms with Crippen LogP contribution in [0.3, 0.4) is 0 Å². The molecule has 3 aliphatic rings. The molecule has 3 atom stereocenters. The van der Waals surface area contributed by atoms with E-state index in [1.807, 2.05) is 23.2 Å². The molecule has 16 nitrogen and oxygen atoms in total. The predicted molar refractivity (Wildman–Crippen MR) is 203 cm³/mol. The Bertz CT molecular complexity index is 1920. The van der Waals surface area contributed by atoms with Crippen LogP contribution in [0.4, 0.5) is 9.59 Å². The maximum Gasteiger partial charge on any atom is 0.510 e. The first kappa shape index (κ1) is 41.1. The second-order valence-corrected chi connectivity index (χ2v) is 17.7. The number of pyridine rings is 1. The topological polar surface area (TPSA) is 189 Å². The van der Waals surface area contributed by atoms with E-state index in [0.29, 0.717) is 41.8 Å². The first-order valence-corrected chi connectivity index (χ1v) is 21.2. The van der Waals surface area contributed by atoms with Gasteiger partial charge in [0.05, 0.1) is 23.2 Å². The fourth-order valence-corrected chi connectivity index (χ4v) is 9.36. The molecule has 3 aromatic rings. The van der Waals surface area contributed by atoms with Gasteiger partial charge in [-0.2, -0.15) is 0 Å². The first-order chi connectivity index (χ1) is 26.8. The Balaban J connectivity index is 1.09. The summed E-state index contributed by atoms with van der Waals surface area (Å²) in [5.41, 5.74) is 1.58. The maximum absolute atomic E-state index is 14.0. The lowest BCUT2D eigenvalue weighted by Gasteiger charge is -2.42. The van der Waals surface area contributed by atoms with Gasteiger partial charge in [-0.3, -0.25) is 33.0 Å². The van der Waals surface area contributed by atoms with Crippen molar-refractivity contribution in [3.63, 3.8) is 0 Å². The summed E-state index contributed by atoms with van der Waals surface area (Å²) in [6, 6.07) is 9.35. The third-order valence-electron chi connectivity index (χ3n) is 9.72. The number of hydrogen-bond acceptors (Lipinski definition) is 14. The van der Waals surface area contributed by atoms with Gasteiger partial charge < -0.3 is 34.1 Å². The minimum absolute atomic E-state index is 0.0405. The van der Waals surface area contributed by atoms with Gasteiger partial charge in [-0.05, 0) is 101 Å². The van der Waals surface area contributed by atoms with Crippen molar-refractivity contribution >= 4 is 59.1 Å². The molecule has 1 aromatic carbocycles. The van der Waals surface area contributed by atoms with E-state index in [1.54, 1.807) is 63.1 Å². The van der Waals surface area contributed by atoms with E-state index in [0.717, 1.165) is 29.5 Å². The number of carbonyl (C=O) groups is 5. The number of aromatic nitrogens is 1. The molecule has 0 bridgehead atoms. The number of rotatable bonds is 14. The summed E-state index contributed by atoms with van der Waals surface area (Å²) in [5.74, 6) is -0.468. The highest BCUT2D eigenvalue weighted by Crippen LogP contribution is 2.52. The molecule has 1 unspecified atom stereocenters. The number of nitrogens with zero attached hydrogens (tertiary/aromatic N) is 3. The smallest absolute Gasteiger partial charge is 0.432 e. The molecule has 3 fully saturated rings. The summed E-state index contributed by atoms with van der Waals surface area (Å²) in [5, 5.41) is 3.61. The Morgan fingerprint density at radius 3 is 2.27 bits per heavy atom. The Labute approximate surface area is 328 Å². The minimum Gasteiger partial charge on any atom is -0.432 e. The third-order valence-corrected chi connectivity index (χ3v) is 12.6. The van der Waals surface area contributed by atoms with Crippen LogP contribution in [0, 0.1) is 0 Å². The van der Waals surface area contributed by atoms with Crippen LogP contribution < -0.4 is 5.32 Å². The highest BCUT2D eigenvalue weighted by molar-refractivity contribution is 7.53. The van der Waals surface area contributed by atoms with Crippen molar-refractivity contribution in [3.05, 3.63) is 64.8 Å². The normalized spacial score (nSPS) is 20.0. The van der Waals surface area contributed by atoms with E-state index in [2.05, 4.69) is 10.3 Å². The number of thiophene rings is 1. The van der Waals surface area contributed by atoms with Crippen molar-refractivity contribution in [2.45, 2.75) is 102 Å². The molecule has 18 heteroatoms. The lowest BCUT2D eigenvalue weighted by molar-refractivity contribution is -0.148. The highest BCUT2D eigenvalue weighted by atomic mass is 32.1. The molecule has 3 saturated heterocycles. The van der Waals surface area contributed by atoms with E-state index in [9.17, 15) is 28.5 Å². The summed E-state index contributed by atoms with van der Waals surface area (Å²) in [7, 11) is -4.10. The second-order valence-electron chi connectivity index (χ2n) is 14.5. The molecular formula is C38H47N4O12PS. The van der Waals surface area contributed by atoms with Crippen LogP contribution in [0.2, 0.25) is 0 Å².